The predicted octanol–water partition coefficient (Wildman–Crippen LogP) is -0.170. The molecule has 0 saturated carbocycles. The second-order valence-corrected chi connectivity index (χ2v) is 6.18. The number of ether oxygens (including phenoxy) is 1. The molecule has 0 rings (SSSR count). The summed E-state index contributed by atoms with van der Waals surface area (Å²) in [5, 5.41) is 8.80. The van der Waals surface area contributed by atoms with Crippen molar-refractivity contribution in [2.24, 2.45) is 0 Å². The number of aliphatic hydroxyl groups excluding tert-OH is 1. The van der Waals surface area contributed by atoms with Gasteiger partial charge in [0.15, 0.2) is 0 Å². The largest absolute Gasteiger partial charge is 0.411 e. The van der Waals surface area contributed by atoms with E-state index in [2.05, 4.69) is 0 Å². The van der Waals surface area contributed by atoms with Crippen molar-refractivity contribution in [3.8, 4) is 0 Å². The standard InChI is InChI=1S/C7H18O4Si/c1-7(8)6-11-4-3-5-12(2,9)10/h7-10H,3-6H2,1-2H3. The smallest absolute Gasteiger partial charge is 0.329 e. The van der Waals surface area contributed by atoms with Crippen LogP contribution in [0.4, 0.5) is 0 Å². The molecule has 0 heterocycles. The molecule has 1 unspecified atom stereocenters. The van der Waals surface area contributed by atoms with Crippen molar-refractivity contribution < 1.29 is 19.4 Å². The normalized spacial score (nSPS) is 14.8. The van der Waals surface area contributed by atoms with E-state index in [0.29, 0.717) is 25.7 Å². The molecule has 0 aromatic rings. The fraction of sp³-hybridized carbons (Fsp3) is 1.00. The molecule has 0 saturated heterocycles. The molecular weight excluding hydrogens is 176 g/mol. The van der Waals surface area contributed by atoms with Gasteiger partial charge in [-0.25, -0.2) is 0 Å². The maximum absolute atomic E-state index is 9.02. The zero-order valence-electron chi connectivity index (χ0n) is 7.66. The summed E-state index contributed by atoms with van der Waals surface area (Å²) in [7, 11) is -2.88. The van der Waals surface area contributed by atoms with Gasteiger partial charge in [0.25, 0.3) is 0 Å². The molecule has 0 fully saturated rings. The molecule has 0 aliphatic carbocycles. The first-order valence-electron chi connectivity index (χ1n) is 4.12. The Balaban J connectivity index is 3.12. The predicted molar refractivity (Wildman–Crippen MR) is 48.0 cm³/mol. The topological polar surface area (TPSA) is 69.9 Å². The first kappa shape index (κ1) is 12.1. The lowest BCUT2D eigenvalue weighted by molar-refractivity contribution is 0.0461. The van der Waals surface area contributed by atoms with Gasteiger partial charge in [-0.1, -0.05) is 0 Å². The van der Waals surface area contributed by atoms with Crippen molar-refractivity contribution in [2.45, 2.75) is 32.0 Å². The van der Waals surface area contributed by atoms with Crippen LogP contribution in [0.2, 0.25) is 12.6 Å². The third-order valence-electron chi connectivity index (χ3n) is 1.30. The van der Waals surface area contributed by atoms with Crippen molar-refractivity contribution in [1.82, 2.24) is 0 Å². The fourth-order valence-electron chi connectivity index (χ4n) is 0.763. The van der Waals surface area contributed by atoms with Crippen LogP contribution < -0.4 is 0 Å². The van der Waals surface area contributed by atoms with Gasteiger partial charge < -0.3 is 19.4 Å². The number of hydrogen-bond acceptors (Lipinski definition) is 4. The van der Waals surface area contributed by atoms with E-state index in [1.807, 2.05) is 0 Å². The Morgan fingerprint density at radius 1 is 1.42 bits per heavy atom. The lowest BCUT2D eigenvalue weighted by Crippen LogP contribution is -2.29. The van der Waals surface area contributed by atoms with Crippen molar-refractivity contribution in [2.75, 3.05) is 13.2 Å². The highest BCUT2D eigenvalue weighted by Crippen LogP contribution is 2.04. The van der Waals surface area contributed by atoms with Gasteiger partial charge in [-0.05, 0) is 25.9 Å². The van der Waals surface area contributed by atoms with E-state index >= 15 is 0 Å². The summed E-state index contributed by atoms with van der Waals surface area (Å²) in [5.74, 6) is 0. The minimum Gasteiger partial charge on any atom is -0.411 e. The summed E-state index contributed by atoms with van der Waals surface area (Å²) in [6.45, 7) is 3.92. The molecule has 5 heteroatoms. The third-order valence-corrected chi connectivity index (χ3v) is 2.60. The van der Waals surface area contributed by atoms with Crippen LogP contribution >= 0.6 is 0 Å². The maximum atomic E-state index is 9.02. The monoisotopic (exact) mass is 194 g/mol. The molecule has 0 aliphatic heterocycles. The van der Waals surface area contributed by atoms with Crippen LogP contribution in [-0.4, -0.2) is 42.6 Å². The van der Waals surface area contributed by atoms with Crippen LogP contribution in [0.5, 0.6) is 0 Å². The van der Waals surface area contributed by atoms with Crippen molar-refractivity contribution >= 4 is 8.56 Å². The lowest BCUT2D eigenvalue weighted by atomic mass is 10.4. The lowest BCUT2D eigenvalue weighted by Gasteiger charge is -2.11. The SMILES string of the molecule is CC(O)COCCC[Si](C)(O)O. The Labute approximate surface area is 74.1 Å². The summed E-state index contributed by atoms with van der Waals surface area (Å²) in [6, 6.07) is 0.423. The Morgan fingerprint density at radius 2 is 2.00 bits per heavy atom. The second-order valence-electron chi connectivity index (χ2n) is 3.24. The molecule has 0 radical (unpaired) electrons. The Bertz CT molecular complexity index is 110. The van der Waals surface area contributed by atoms with E-state index in [4.69, 9.17) is 19.4 Å². The molecule has 0 bridgehead atoms. The minimum absolute atomic E-state index is 0.315. The summed E-state index contributed by atoms with van der Waals surface area (Å²) >= 11 is 0. The van der Waals surface area contributed by atoms with Crippen LogP contribution in [0.1, 0.15) is 13.3 Å². The molecule has 4 nitrogen and oxygen atoms in total. The van der Waals surface area contributed by atoms with Crippen molar-refractivity contribution in [1.29, 1.82) is 0 Å². The summed E-state index contributed by atoms with van der Waals surface area (Å²) < 4.78 is 5.04. The van der Waals surface area contributed by atoms with Gasteiger partial charge in [-0.15, -0.1) is 0 Å². The van der Waals surface area contributed by atoms with Crippen molar-refractivity contribution in [3.05, 3.63) is 0 Å². The van der Waals surface area contributed by atoms with E-state index in [1.165, 1.54) is 6.55 Å². The summed E-state index contributed by atoms with van der Waals surface area (Å²) in [4.78, 5) is 18.0. The Kier molecular flexibility index (Phi) is 5.69. The fourth-order valence-corrected chi connectivity index (χ4v) is 1.58. The third kappa shape index (κ3) is 10.1. The zero-order valence-corrected chi connectivity index (χ0v) is 8.66. The van der Waals surface area contributed by atoms with Gasteiger partial charge >= 0.3 is 8.56 Å². The van der Waals surface area contributed by atoms with Crippen LogP contribution in [0.15, 0.2) is 0 Å². The van der Waals surface area contributed by atoms with E-state index in [9.17, 15) is 0 Å². The highest BCUT2D eigenvalue weighted by Gasteiger charge is 2.19. The molecule has 0 spiro atoms. The molecule has 74 valence electrons. The van der Waals surface area contributed by atoms with Gasteiger partial charge in [0.2, 0.25) is 0 Å². The van der Waals surface area contributed by atoms with E-state index in [1.54, 1.807) is 6.92 Å². The van der Waals surface area contributed by atoms with Gasteiger partial charge in [-0.3, -0.25) is 0 Å². The van der Waals surface area contributed by atoms with E-state index < -0.39 is 14.7 Å². The van der Waals surface area contributed by atoms with Crippen LogP contribution in [0.25, 0.3) is 0 Å². The average molecular weight is 194 g/mol. The van der Waals surface area contributed by atoms with Crippen LogP contribution in [-0.2, 0) is 4.74 Å². The summed E-state index contributed by atoms with van der Waals surface area (Å²) in [5.41, 5.74) is 0. The molecule has 0 aromatic heterocycles. The van der Waals surface area contributed by atoms with Crippen LogP contribution in [0.3, 0.4) is 0 Å². The first-order valence-corrected chi connectivity index (χ1v) is 6.72. The molecular formula is C7H18O4Si. The molecule has 12 heavy (non-hydrogen) atoms. The van der Waals surface area contributed by atoms with Gasteiger partial charge in [-0.2, -0.15) is 0 Å². The highest BCUT2D eigenvalue weighted by atomic mass is 28.4. The van der Waals surface area contributed by atoms with E-state index in [0.717, 1.165) is 0 Å². The minimum atomic E-state index is -2.88. The Hall–Kier alpha value is 0.0569. The molecule has 0 amide bonds. The van der Waals surface area contributed by atoms with E-state index in [-0.39, 0.29) is 0 Å². The molecule has 0 aromatic carbocycles. The van der Waals surface area contributed by atoms with Crippen molar-refractivity contribution in [3.63, 3.8) is 0 Å². The number of hydrogen-bond donors (Lipinski definition) is 3. The number of aliphatic hydroxyl groups is 1. The number of rotatable bonds is 6. The first-order chi connectivity index (χ1) is 5.42. The van der Waals surface area contributed by atoms with Gasteiger partial charge in [0, 0.05) is 6.61 Å². The maximum Gasteiger partial charge on any atom is 0.329 e. The Morgan fingerprint density at radius 3 is 2.42 bits per heavy atom. The van der Waals surface area contributed by atoms with Crippen LogP contribution in [0, 0.1) is 0 Å². The summed E-state index contributed by atoms with van der Waals surface area (Å²) in [6.07, 6.45) is 0.194. The zero-order chi connectivity index (χ0) is 9.61. The average Bonchev–Trinajstić information content (AvgIpc) is 1.83. The van der Waals surface area contributed by atoms with Gasteiger partial charge in [0.1, 0.15) is 0 Å². The quantitative estimate of drug-likeness (QED) is 0.405. The molecule has 0 aliphatic rings. The second kappa shape index (κ2) is 5.66. The molecule has 3 N–H and O–H groups in total. The molecule has 1 atom stereocenters. The highest BCUT2D eigenvalue weighted by molar-refractivity contribution is 6.63. The van der Waals surface area contributed by atoms with Gasteiger partial charge in [0.05, 0.1) is 12.7 Å².